The fourth-order valence-electron chi connectivity index (χ4n) is 7.36. The maximum Gasteiger partial charge on any atom is 0.267 e. The molecule has 0 saturated heterocycles. The van der Waals surface area contributed by atoms with Crippen molar-refractivity contribution in [3.05, 3.63) is 187 Å². The number of ether oxygens (including phenoxy) is 1. The molecule has 0 aliphatic rings. The van der Waals surface area contributed by atoms with Gasteiger partial charge in [-0.15, -0.1) is 29.7 Å². The van der Waals surface area contributed by atoms with Crippen LogP contribution in [0.3, 0.4) is 0 Å². The predicted molar refractivity (Wildman–Crippen MR) is 222 cm³/mol. The van der Waals surface area contributed by atoms with E-state index in [0.29, 0.717) is 11.5 Å². The van der Waals surface area contributed by atoms with Gasteiger partial charge in [-0.1, -0.05) is 111 Å². The van der Waals surface area contributed by atoms with E-state index in [1.54, 1.807) is 0 Å². The minimum Gasteiger partial charge on any atom is -0.510 e. The van der Waals surface area contributed by atoms with E-state index in [2.05, 4.69) is 188 Å². The third kappa shape index (κ3) is 6.78. The molecule has 0 aliphatic carbocycles. The van der Waals surface area contributed by atoms with Crippen LogP contribution >= 0.6 is 0 Å². The number of rotatable bonds is 7. The van der Waals surface area contributed by atoms with E-state index in [4.69, 9.17) is 9.72 Å². The van der Waals surface area contributed by atoms with Gasteiger partial charge in [-0.25, -0.2) is 4.98 Å². The molecule has 0 aliphatic heterocycles. The number of hydrogen-bond acceptors (Lipinski definition) is 2. The Balaban J connectivity index is 0.00000441. The zero-order valence-corrected chi connectivity index (χ0v) is 34.2. The summed E-state index contributed by atoms with van der Waals surface area (Å²) in [6, 6.07) is 57.6. The summed E-state index contributed by atoms with van der Waals surface area (Å²) >= 11 is 0. The van der Waals surface area contributed by atoms with Crippen LogP contribution in [0.25, 0.3) is 61.3 Å². The van der Waals surface area contributed by atoms with Crippen molar-refractivity contribution in [2.24, 2.45) is 0 Å². The molecule has 3 aromatic heterocycles. The second-order valence-corrected chi connectivity index (χ2v) is 15.0. The first kappa shape index (κ1) is 36.9. The van der Waals surface area contributed by atoms with Crippen molar-refractivity contribution in [1.82, 2.24) is 14.1 Å². The summed E-state index contributed by atoms with van der Waals surface area (Å²) in [6.07, 6.45) is 5.55. The van der Waals surface area contributed by atoms with E-state index in [0.717, 1.165) is 61.5 Å². The molecule has 56 heavy (non-hydrogen) atoms. The molecule has 9 aromatic rings. The molecule has 3 heterocycles. The monoisotopic (exact) mass is 907 g/mol. The topological polar surface area (TPSA) is 35.9 Å². The molecule has 0 bridgehead atoms. The minimum absolute atomic E-state index is 0. The molecule has 9 rings (SSSR count). The summed E-state index contributed by atoms with van der Waals surface area (Å²) in [5.41, 5.74) is 11.8. The Morgan fingerprint density at radius 3 is 2.12 bits per heavy atom. The molecule has 5 nitrogen and oxygen atoms in total. The average Bonchev–Trinajstić information content (AvgIpc) is 3.70. The molecular weight excluding hydrogens is 868 g/mol. The maximum atomic E-state index is 6.53. The summed E-state index contributed by atoms with van der Waals surface area (Å²) in [6.45, 7) is 10.9. The van der Waals surface area contributed by atoms with Gasteiger partial charge >= 0.3 is 0 Å². The summed E-state index contributed by atoms with van der Waals surface area (Å²) < 4.78 is 12.9. The van der Waals surface area contributed by atoms with Gasteiger partial charge in [-0.2, -0.15) is 18.2 Å². The van der Waals surface area contributed by atoms with Crippen LogP contribution in [0.15, 0.2) is 152 Å². The van der Waals surface area contributed by atoms with Gasteiger partial charge in [0.15, 0.2) is 0 Å². The van der Waals surface area contributed by atoms with E-state index in [9.17, 15) is 0 Å². The standard InChI is InChI=1S/C50H40N4O.Pt/c1-34-35(2)53(46-26-23-38(36-15-8-6-9-16-36)29-45(46)37-17-10-7-11-18-37)33-52(34)40-19-14-20-41(31-40)55-42-24-25-44-43-21-12-13-22-47(43)54(48(44)32-42)49-30-39(27-28-51-49)50(3,4)5;/h6-30H,1-5H3;/q-2;. The first-order valence-corrected chi connectivity index (χ1v) is 18.6. The molecule has 0 atom stereocenters. The number of hydrogen-bond donors (Lipinski definition) is 0. The van der Waals surface area contributed by atoms with Gasteiger partial charge in [0.1, 0.15) is 5.82 Å². The number of para-hydroxylation sites is 1. The quantitative estimate of drug-likeness (QED) is 0.118. The molecule has 0 N–H and O–H groups in total. The van der Waals surface area contributed by atoms with Crippen LogP contribution in [0, 0.1) is 32.3 Å². The summed E-state index contributed by atoms with van der Waals surface area (Å²) in [5, 5.41) is 2.23. The average molecular weight is 908 g/mol. The van der Waals surface area contributed by atoms with Crippen LogP contribution in [0.1, 0.15) is 37.7 Å². The van der Waals surface area contributed by atoms with Crippen molar-refractivity contribution in [3.63, 3.8) is 0 Å². The van der Waals surface area contributed by atoms with Crippen LogP contribution in [0.5, 0.6) is 11.5 Å². The summed E-state index contributed by atoms with van der Waals surface area (Å²) in [7, 11) is 0. The molecule has 0 saturated carbocycles. The van der Waals surface area contributed by atoms with Crippen molar-refractivity contribution >= 4 is 21.8 Å². The van der Waals surface area contributed by atoms with E-state index in [1.807, 2.05) is 30.5 Å². The molecule has 0 radical (unpaired) electrons. The third-order valence-corrected chi connectivity index (χ3v) is 10.4. The molecule has 6 heteroatoms. The zero-order chi connectivity index (χ0) is 37.7. The number of pyridine rings is 1. The first-order chi connectivity index (χ1) is 26.7. The van der Waals surface area contributed by atoms with Crippen molar-refractivity contribution in [2.75, 3.05) is 0 Å². The number of nitrogens with zero attached hydrogens (tertiary/aromatic N) is 4. The summed E-state index contributed by atoms with van der Waals surface area (Å²) in [5.74, 6) is 2.04. The van der Waals surface area contributed by atoms with Gasteiger partial charge in [0, 0.05) is 50.0 Å². The van der Waals surface area contributed by atoms with Gasteiger partial charge in [-0.3, -0.25) is 4.57 Å². The molecule has 0 unspecified atom stereocenters. The van der Waals surface area contributed by atoms with Crippen LogP contribution in [-0.2, 0) is 26.5 Å². The predicted octanol–water partition coefficient (Wildman–Crippen LogP) is 11.7. The molecular formula is C50H40N4OPt-2. The first-order valence-electron chi connectivity index (χ1n) is 18.6. The Kier molecular flexibility index (Phi) is 9.82. The molecule has 278 valence electrons. The van der Waals surface area contributed by atoms with Gasteiger partial charge in [0.05, 0.1) is 11.4 Å². The Bertz CT molecular complexity index is 2850. The number of aromatic nitrogens is 4. The van der Waals surface area contributed by atoms with Crippen molar-refractivity contribution in [3.8, 4) is 50.9 Å². The Hall–Kier alpha value is -6.03. The molecule has 0 fully saturated rings. The number of benzene rings is 6. The second kappa shape index (κ2) is 14.9. The fourth-order valence-corrected chi connectivity index (χ4v) is 7.36. The largest absolute Gasteiger partial charge is 0.510 e. The van der Waals surface area contributed by atoms with E-state index >= 15 is 0 Å². The van der Waals surface area contributed by atoms with Crippen molar-refractivity contribution in [1.29, 1.82) is 0 Å². The van der Waals surface area contributed by atoms with Crippen molar-refractivity contribution < 1.29 is 30.4 Å². The molecule has 0 spiro atoms. The Labute approximate surface area is 342 Å². The van der Waals surface area contributed by atoms with Crippen LogP contribution in [0.2, 0.25) is 0 Å². The van der Waals surface area contributed by atoms with Crippen LogP contribution in [-0.4, -0.2) is 14.1 Å². The van der Waals surface area contributed by atoms with E-state index < -0.39 is 0 Å². The molecule has 0 amide bonds. The van der Waals surface area contributed by atoms with E-state index in [1.165, 1.54) is 16.7 Å². The fraction of sp³-hybridized carbons (Fsp3) is 0.120. The third-order valence-electron chi connectivity index (χ3n) is 10.4. The smallest absolute Gasteiger partial charge is 0.267 e. The maximum absolute atomic E-state index is 6.53. The SMILES string of the molecule is Cc1c(C)[n+](-c2ccc(-c3ccccc3)cc2-c2ccccc2)[c-]n1-c1[c-]c(Oc2[c-]c3c(cc2)c2ccccc2n3-c2cc(C(C)(C)C)ccn2)ccc1.[Pt]. The van der Waals surface area contributed by atoms with Gasteiger partial charge in [-0.05, 0) is 88.5 Å². The minimum atomic E-state index is -0.0141. The summed E-state index contributed by atoms with van der Waals surface area (Å²) in [4.78, 5) is 4.82. The van der Waals surface area contributed by atoms with E-state index in [-0.39, 0.29) is 26.5 Å². The van der Waals surface area contributed by atoms with Crippen LogP contribution in [0.4, 0.5) is 0 Å². The Morgan fingerprint density at radius 2 is 1.36 bits per heavy atom. The van der Waals surface area contributed by atoms with Gasteiger partial charge in [0.2, 0.25) is 0 Å². The number of imidazole rings is 1. The van der Waals surface area contributed by atoms with Gasteiger partial charge < -0.3 is 13.9 Å². The normalized spacial score (nSPS) is 11.5. The number of fused-ring (bicyclic) bond motifs is 3. The van der Waals surface area contributed by atoms with Crippen molar-refractivity contribution in [2.45, 2.75) is 40.0 Å². The second-order valence-electron chi connectivity index (χ2n) is 15.0. The Morgan fingerprint density at radius 1 is 0.643 bits per heavy atom. The van der Waals surface area contributed by atoms with Gasteiger partial charge in [0.25, 0.3) is 6.33 Å². The molecule has 6 aromatic carbocycles. The van der Waals surface area contributed by atoms with Crippen LogP contribution < -0.4 is 9.30 Å². The zero-order valence-electron chi connectivity index (χ0n) is 31.9.